The van der Waals surface area contributed by atoms with Crippen molar-refractivity contribution in [3.63, 3.8) is 0 Å². The Balaban J connectivity index is 2.45. The molecule has 0 saturated carbocycles. The van der Waals surface area contributed by atoms with Crippen molar-refractivity contribution < 1.29 is 4.79 Å². The van der Waals surface area contributed by atoms with Gasteiger partial charge in [0.25, 0.3) is 0 Å². The lowest BCUT2D eigenvalue weighted by molar-refractivity contribution is -0.124. The number of nitrogens with zero attached hydrogens (tertiary/aromatic N) is 2. The quantitative estimate of drug-likeness (QED) is 0.730. The molecule has 15 heavy (non-hydrogen) atoms. The number of likely N-dealkylation sites (N-methyl/N-ethyl adjacent to an activating group) is 1. The van der Waals surface area contributed by atoms with Crippen LogP contribution in [0.3, 0.4) is 0 Å². The predicted molar refractivity (Wildman–Crippen MR) is 61.2 cm³/mol. The normalized spacial score (nSPS) is 10.1. The largest absolute Gasteiger partial charge is 0.341 e. The Morgan fingerprint density at radius 3 is 3.13 bits per heavy atom. The number of amides is 1. The van der Waals surface area contributed by atoms with Crippen molar-refractivity contribution in [3.8, 4) is 6.07 Å². The molecule has 0 atom stereocenters. The summed E-state index contributed by atoms with van der Waals surface area (Å²) in [5.74, 6) is -0.0707. The molecule has 1 rings (SSSR count). The lowest BCUT2D eigenvalue weighted by Gasteiger charge is -2.11. The molecule has 0 radical (unpaired) electrons. The van der Waals surface area contributed by atoms with Crippen LogP contribution >= 0.6 is 11.3 Å². The molecular formula is C11H12N2OS. The zero-order valence-electron chi connectivity index (χ0n) is 8.51. The van der Waals surface area contributed by atoms with Crippen LogP contribution < -0.4 is 0 Å². The molecule has 1 aromatic heterocycles. The van der Waals surface area contributed by atoms with Crippen LogP contribution in [0, 0.1) is 11.3 Å². The van der Waals surface area contributed by atoms with Gasteiger partial charge >= 0.3 is 0 Å². The van der Waals surface area contributed by atoms with Crippen molar-refractivity contribution in [2.75, 3.05) is 13.6 Å². The van der Waals surface area contributed by atoms with Gasteiger partial charge in [0.2, 0.25) is 5.91 Å². The van der Waals surface area contributed by atoms with E-state index in [1.165, 1.54) is 11.0 Å². The van der Waals surface area contributed by atoms with E-state index in [2.05, 4.69) is 0 Å². The van der Waals surface area contributed by atoms with Gasteiger partial charge in [0, 0.05) is 24.5 Å². The average molecular weight is 220 g/mol. The summed E-state index contributed by atoms with van der Waals surface area (Å²) in [4.78, 5) is 14.1. The van der Waals surface area contributed by atoms with Gasteiger partial charge in [-0.05, 0) is 17.5 Å². The van der Waals surface area contributed by atoms with Gasteiger partial charge in [-0.2, -0.15) is 5.26 Å². The number of carbonyl (C=O) groups excluding carboxylic acids is 1. The highest BCUT2D eigenvalue weighted by molar-refractivity contribution is 7.10. The summed E-state index contributed by atoms with van der Waals surface area (Å²) in [6.07, 6.45) is 3.69. The third kappa shape index (κ3) is 3.96. The molecule has 0 aromatic carbocycles. The molecule has 0 unspecified atom stereocenters. The summed E-state index contributed by atoms with van der Waals surface area (Å²) >= 11 is 1.58. The van der Waals surface area contributed by atoms with E-state index in [1.807, 2.05) is 23.6 Å². The maximum Gasteiger partial charge on any atom is 0.246 e. The van der Waals surface area contributed by atoms with Gasteiger partial charge in [-0.1, -0.05) is 6.07 Å². The van der Waals surface area contributed by atoms with Gasteiger partial charge in [0.05, 0.1) is 12.5 Å². The van der Waals surface area contributed by atoms with E-state index in [0.717, 1.165) is 4.88 Å². The molecule has 4 heteroatoms. The minimum absolute atomic E-state index is 0.0707. The van der Waals surface area contributed by atoms with Crippen LogP contribution in [0.25, 0.3) is 6.08 Å². The second-order valence-electron chi connectivity index (χ2n) is 3.02. The Morgan fingerprint density at radius 2 is 2.53 bits per heavy atom. The maximum atomic E-state index is 11.5. The molecule has 0 aliphatic carbocycles. The van der Waals surface area contributed by atoms with Gasteiger partial charge < -0.3 is 4.90 Å². The number of hydrogen-bond donors (Lipinski definition) is 0. The van der Waals surface area contributed by atoms with E-state index in [4.69, 9.17) is 5.26 Å². The number of hydrogen-bond acceptors (Lipinski definition) is 3. The van der Waals surface area contributed by atoms with Crippen molar-refractivity contribution in [1.29, 1.82) is 5.26 Å². The van der Waals surface area contributed by atoms with Crippen molar-refractivity contribution >= 4 is 23.3 Å². The molecule has 0 aliphatic rings. The molecule has 1 heterocycles. The van der Waals surface area contributed by atoms with E-state index in [-0.39, 0.29) is 5.91 Å². The highest BCUT2D eigenvalue weighted by Crippen LogP contribution is 2.10. The van der Waals surface area contributed by atoms with E-state index in [9.17, 15) is 4.79 Å². The second-order valence-corrected chi connectivity index (χ2v) is 4.00. The van der Waals surface area contributed by atoms with Crippen molar-refractivity contribution in [1.82, 2.24) is 4.90 Å². The van der Waals surface area contributed by atoms with Crippen molar-refractivity contribution in [2.24, 2.45) is 0 Å². The van der Waals surface area contributed by atoms with Gasteiger partial charge in [0.15, 0.2) is 0 Å². The minimum Gasteiger partial charge on any atom is -0.341 e. The molecule has 0 bridgehead atoms. The summed E-state index contributed by atoms with van der Waals surface area (Å²) in [5.41, 5.74) is 0. The van der Waals surface area contributed by atoms with Crippen LogP contribution in [-0.2, 0) is 4.79 Å². The Kier molecular flexibility index (Phi) is 4.58. The summed E-state index contributed by atoms with van der Waals surface area (Å²) in [7, 11) is 1.69. The zero-order valence-corrected chi connectivity index (χ0v) is 9.33. The first-order valence-electron chi connectivity index (χ1n) is 4.57. The lowest BCUT2D eigenvalue weighted by Crippen LogP contribution is -2.25. The van der Waals surface area contributed by atoms with Crippen LogP contribution in [0.2, 0.25) is 0 Å². The minimum atomic E-state index is -0.0707. The first-order chi connectivity index (χ1) is 7.24. The van der Waals surface area contributed by atoms with Crippen LogP contribution in [0.5, 0.6) is 0 Å². The van der Waals surface area contributed by atoms with E-state index >= 15 is 0 Å². The van der Waals surface area contributed by atoms with Crippen molar-refractivity contribution in [2.45, 2.75) is 6.42 Å². The van der Waals surface area contributed by atoms with Crippen LogP contribution in [0.1, 0.15) is 11.3 Å². The zero-order chi connectivity index (χ0) is 11.1. The van der Waals surface area contributed by atoms with E-state index in [0.29, 0.717) is 13.0 Å². The molecule has 1 amide bonds. The summed E-state index contributed by atoms with van der Waals surface area (Å²) in [6, 6.07) is 5.89. The Bertz CT molecular complexity index is 376. The SMILES string of the molecule is CN(CCC#N)C(=O)C=Cc1cccs1. The topological polar surface area (TPSA) is 44.1 Å². The number of rotatable bonds is 4. The van der Waals surface area contributed by atoms with Gasteiger partial charge in [-0.25, -0.2) is 0 Å². The lowest BCUT2D eigenvalue weighted by atomic mass is 10.3. The third-order valence-corrected chi connectivity index (χ3v) is 2.71. The fourth-order valence-electron chi connectivity index (χ4n) is 0.995. The fourth-order valence-corrected chi connectivity index (χ4v) is 1.61. The maximum absolute atomic E-state index is 11.5. The van der Waals surface area contributed by atoms with E-state index in [1.54, 1.807) is 24.5 Å². The number of carbonyl (C=O) groups is 1. The Hall–Kier alpha value is -1.60. The monoisotopic (exact) mass is 220 g/mol. The third-order valence-electron chi connectivity index (χ3n) is 1.87. The van der Waals surface area contributed by atoms with E-state index < -0.39 is 0 Å². The molecule has 0 spiro atoms. The highest BCUT2D eigenvalue weighted by atomic mass is 32.1. The van der Waals surface area contributed by atoms with Crippen molar-refractivity contribution in [3.05, 3.63) is 28.5 Å². The first kappa shape index (κ1) is 11.5. The average Bonchev–Trinajstić information content (AvgIpc) is 2.75. The molecule has 1 aromatic rings. The van der Waals surface area contributed by atoms with Crippen LogP contribution in [-0.4, -0.2) is 24.4 Å². The summed E-state index contributed by atoms with van der Waals surface area (Å²) in [6.45, 7) is 0.476. The Morgan fingerprint density at radius 1 is 1.73 bits per heavy atom. The molecule has 0 N–H and O–H groups in total. The smallest absolute Gasteiger partial charge is 0.246 e. The number of nitriles is 1. The second kappa shape index (κ2) is 5.99. The highest BCUT2D eigenvalue weighted by Gasteiger charge is 2.03. The molecule has 0 aliphatic heterocycles. The summed E-state index contributed by atoms with van der Waals surface area (Å²) < 4.78 is 0. The van der Waals surface area contributed by atoms with Gasteiger partial charge in [-0.3, -0.25) is 4.79 Å². The predicted octanol–water partition coefficient (Wildman–Crippen LogP) is 2.13. The number of thiophene rings is 1. The molecule has 0 fully saturated rings. The van der Waals surface area contributed by atoms with Crippen LogP contribution in [0.4, 0.5) is 0 Å². The first-order valence-corrected chi connectivity index (χ1v) is 5.45. The Labute approximate surface area is 93.3 Å². The van der Waals surface area contributed by atoms with Gasteiger partial charge in [-0.15, -0.1) is 11.3 Å². The molecule has 0 saturated heterocycles. The summed E-state index contributed by atoms with van der Waals surface area (Å²) in [5, 5.41) is 10.3. The molecule has 3 nitrogen and oxygen atoms in total. The van der Waals surface area contributed by atoms with Gasteiger partial charge in [0.1, 0.15) is 0 Å². The fraction of sp³-hybridized carbons (Fsp3) is 0.273. The molecule has 78 valence electrons. The molecular weight excluding hydrogens is 208 g/mol. The van der Waals surface area contributed by atoms with Crippen LogP contribution in [0.15, 0.2) is 23.6 Å². The standard InChI is InChI=1S/C11H12N2OS/c1-13(8-3-7-12)11(14)6-5-10-4-2-9-15-10/h2,4-6,9H,3,8H2,1H3.